The van der Waals surface area contributed by atoms with Crippen LogP contribution in [0.15, 0.2) is 99.8 Å². The number of imide groups is 1. The predicted molar refractivity (Wildman–Crippen MR) is 189 cm³/mol. The standard InChI is InChI=1S/C40H40N4O6/c1-21-22(2)37(47)40(3)31(36(21)46)20-30-28(35(40)23-7-18-32(45)33(19-23)50-6)16-17-29-34(30)39(49)44(38(29)48)27-14-10-25(11-15-27)42-41-24-8-12-26(13-9-24)43(4)5/h7-16,18-19,29-31,34-35,45H,17,20H2,1-6H3/t29-,30+,31-,34-,35-,40+/m0/s1. The van der Waals surface area contributed by atoms with Crippen LogP contribution in [-0.4, -0.2) is 49.7 Å². The zero-order valence-corrected chi connectivity index (χ0v) is 29.0. The summed E-state index contributed by atoms with van der Waals surface area (Å²) in [5, 5.41) is 19.1. The molecule has 0 aromatic heterocycles. The van der Waals surface area contributed by atoms with Crippen molar-refractivity contribution >= 4 is 46.1 Å². The van der Waals surface area contributed by atoms with Gasteiger partial charge in [0, 0.05) is 31.6 Å². The summed E-state index contributed by atoms with van der Waals surface area (Å²) < 4.78 is 5.44. The van der Waals surface area contributed by atoms with Gasteiger partial charge in [-0.05, 0) is 110 Å². The molecular formula is C40H40N4O6. The van der Waals surface area contributed by atoms with E-state index in [1.54, 1.807) is 50.2 Å². The van der Waals surface area contributed by atoms with Gasteiger partial charge in [-0.15, -0.1) is 0 Å². The molecule has 0 unspecified atom stereocenters. The number of allylic oxidation sites excluding steroid dienone is 4. The molecule has 2 fully saturated rings. The van der Waals surface area contributed by atoms with Crippen molar-refractivity contribution in [2.45, 2.75) is 39.5 Å². The number of nitrogens with zero attached hydrogens (tertiary/aromatic N) is 4. The van der Waals surface area contributed by atoms with Crippen LogP contribution in [0.1, 0.15) is 45.1 Å². The van der Waals surface area contributed by atoms with E-state index in [0.29, 0.717) is 40.2 Å². The Bertz CT molecular complexity index is 2030. The number of methoxy groups -OCH3 is 1. The van der Waals surface area contributed by atoms with E-state index >= 15 is 0 Å². The number of ether oxygens (including phenoxy) is 1. The predicted octanol–water partition coefficient (Wildman–Crippen LogP) is 7.23. The number of phenolic OH excluding ortho intramolecular Hbond substituents is 1. The number of benzene rings is 3. The maximum Gasteiger partial charge on any atom is 0.238 e. The molecule has 6 atom stereocenters. The molecule has 1 saturated carbocycles. The summed E-state index contributed by atoms with van der Waals surface area (Å²) in [5.74, 6) is -3.56. The monoisotopic (exact) mass is 672 g/mol. The van der Waals surface area contributed by atoms with E-state index in [-0.39, 0.29) is 41.3 Å². The van der Waals surface area contributed by atoms with Crippen LogP contribution in [-0.2, 0) is 19.2 Å². The van der Waals surface area contributed by atoms with Crippen molar-refractivity contribution in [3.8, 4) is 11.5 Å². The second-order valence-corrected chi connectivity index (χ2v) is 14.2. The molecule has 7 rings (SSSR count). The Morgan fingerprint density at radius 3 is 2.12 bits per heavy atom. The third-order valence-electron chi connectivity index (χ3n) is 11.5. The molecule has 50 heavy (non-hydrogen) atoms. The van der Waals surface area contributed by atoms with Crippen LogP contribution in [0.3, 0.4) is 0 Å². The zero-order chi connectivity index (χ0) is 35.6. The highest BCUT2D eigenvalue weighted by molar-refractivity contribution is 6.22. The minimum absolute atomic E-state index is 0.0423. The molecule has 0 radical (unpaired) electrons. The van der Waals surface area contributed by atoms with Crippen molar-refractivity contribution in [2.75, 3.05) is 31.0 Å². The smallest absolute Gasteiger partial charge is 0.238 e. The SMILES string of the molecule is COc1cc([C@H]2C3=CC[C@@H]4C(=O)N(c5ccc(N=Nc6ccc(N(C)C)cc6)cc5)C(=O)[C@@H]4[C@@H]3C[C@H]3C(=O)C(C)=C(C)C(=O)[C@@]23C)ccc1O. The summed E-state index contributed by atoms with van der Waals surface area (Å²) in [4.78, 5) is 59.9. The van der Waals surface area contributed by atoms with Crippen molar-refractivity contribution < 1.29 is 29.0 Å². The van der Waals surface area contributed by atoms with Crippen LogP contribution in [0, 0.1) is 29.1 Å². The highest BCUT2D eigenvalue weighted by Crippen LogP contribution is 2.63. The minimum Gasteiger partial charge on any atom is -0.504 e. The first-order chi connectivity index (χ1) is 23.9. The van der Waals surface area contributed by atoms with Gasteiger partial charge in [0.15, 0.2) is 23.1 Å². The number of Topliss-reactive ketones (excluding diaryl/α,β-unsaturated/α-hetero) is 2. The van der Waals surface area contributed by atoms with Gasteiger partial charge in [0.25, 0.3) is 0 Å². The normalized spacial score (nSPS) is 27.7. The largest absolute Gasteiger partial charge is 0.504 e. The number of fused-ring (bicyclic) bond motifs is 4. The lowest BCUT2D eigenvalue weighted by Gasteiger charge is -2.54. The fourth-order valence-electron chi connectivity index (χ4n) is 8.69. The van der Waals surface area contributed by atoms with E-state index in [1.807, 2.05) is 56.3 Å². The first kappa shape index (κ1) is 33.1. The Morgan fingerprint density at radius 1 is 0.860 bits per heavy atom. The molecule has 1 heterocycles. The molecule has 10 heteroatoms. The van der Waals surface area contributed by atoms with E-state index < -0.39 is 35.0 Å². The fraction of sp³-hybridized carbons (Fsp3) is 0.350. The lowest BCUT2D eigenvalue weighted by atomic mass is 9.46. The third kappa shape index (κ3) is 4.99. The van der Waals surface area contributed by atoms with Crippen LogP contribution in [0.4, 0.5) is 22.7 Å². The maximum atomic E-state index is 14.4. The van der Waals surface area contributed by atoms with Crippen LogP contribution in [0.25, 0.3) is 0 Å². The molecule has 4 aliphatic rings. The molecule has 0 spiro atoms. The number of carbonyl (C=O) groups is 4. The van der Waals surface area contributed by atoms with Crippen molar-refractivity contribution in [3.63, 3.8) is 0 Å². The Balaban J connectivity index is 1.22. The lowest BCUT2D eigenvalue weighted by Crippen LogP contribution is -2.55. The average Bonchev–Trinajstić information content (AvgIpc) is 3.38. The van der Waals surface area contributed by atoms with E-state index in [1.165, 1.54) is 18.1 Å². The minimum atomic E-state index is -1.12. The van der Waals surface area contributed by atoms with Crippen molar-refractivity contribution in [3.05, 3.63) is 95.1 Å². The number of amides is 2. The molecule has 10 nitrogen and oxygen atoms in total. The highest BCUT2D eigenvalue weighted by atomic mass is 16.5. The van der Waals surface area contributed by atoms with Gasteiger partial charge in [-0.1, -0.05) is 24.6 Å². The van der Waals surface area contributed by atoms with Crippen molar-refractivity contribution in [1.29, 1.82) is 0 Å². The number of carbonyl (C=O) groups excluding carboxylic acids is 4. The molecule has 256 valence electrons. The highest BCUT2D eigenvalue weighted by Gasteiger charge is 2.64. The van der Waals surface area contributed by atoms with Crippen molar-refractivity contribution in [1.82, 2.24) is 0 Å². The van der Waals surface area contributed by atoms with E-state index in [2.05, 4.69) is 10.2 Å². The topological polar surface area (TPSA) is 129 Å². The van der Waals surface area contributed by atoms with Gasteiger partial charge in [0.2, 0.25) is 11.8 Å². The summed E-state index contributed by atoms with van der Waals surface area (Å²) >= 11 is 0. The van der Waals surface area contributed by atoms with Gasteiger partial charge in [-0.3, -0.25) is 24.1 Å². The van der Waals surface area contributed by atoms with Crippen molar-refractivity contribution in [2.24, 2.45) is 39.3 Å². The molecule has 2 amide bonds. The molecule has 3 aromatic carbocycles. The van der Waals surface area contributed by atoms with E-state index in [9.17, 15) is 24.3 Å². The number of ketones is 2. The molecule has 3 aromatic rings. The number of hydrogen-bond donors (Lipinski definition) is 1. The summed E-state index contributed by atoms with van der Waals surface area (Å²) in [5.41, 5.74) is 4.12. The van der Waals surface area contributed by atoms with Crippen LogP contribution in [0.2, 0.25) is 0 Å². The Labute approximate surface area is 291 Å². The summed E-state index contributed by atoms with van der Waals surface area (Å²) in [6.07, 6.45) is 2.63. The number of anilines is 2. The van der Waals surface area contributed by atoms with Gasteiger partial charge in [-0.2, -0.15) is 10.2 Å². The van der Waals surface area contributed by atoms with E-state index in [0.717, 1.165) is 11.3 Å². The Kier molecular flexibility index (Phi) is 8.08. The first-order valence-corrected chi connectivity index (χ1v) is 16.9. The van der Waals surface area contributed by atoms with Gasteiger partial charge >= 0.3 is 0 Å². The zero-order valence-electron chi connectivity index (χ0n) is 29.0. The molecular weight excluding hydrogens is 632 g/mol. The second kappa shape index (κ2) is 12.2. The van der Waals surface area contributed by atoms with Crippen LogP contribution < -0.4 is 14.5 Å². The molecule has 3 aliphatic carbocycles. The Hall–Kier alpha value is -5.38. The quantitative estimate of drug-likeness (QED) is 0.166. The lowest BCUT2D eigenvalue weighted by molar-refractivity contribution is -0.142. The maximum absolute atomic E-state index is 14.4. The summed E-state index contributed by atoms with van der Waals surface area (Å²) in [7, 11) is 5.39. The summed E-state index contributed by atoms with van der Waals surface area (Å²) in [6, 6.07) is 19.5. The number of aromatic hydroxyl groups is 1. The number of hydrogen-bond acceptors (Lipinski definition) is 9. The average molecular weight is 673 g/mol. The molecule has 0 bridgehead atoms. The number of rotatable bonds is 6. The van der Waals surface area contributed by atoms with Crippen LogP contribution >= 0.6 is 0 Å². The number of phenols is 1. The van der Waals surface area contributed by atoms with Gasteiger partial charge in [0.05, 0.1) is 41.4 Å². The van der Waals surface area contributed by atoms with Gasteiger partial charge in [0.1, 0.15) is 0 Å². The third-order valence-corrected chi connectivity index (χ3v) is 11.5. The molecule has 1 N–H and O–H groups in total. The number of azo groups is 1. The Morgan fingerprint density at radius 2 is 1.50 bits per heavy atom. The molecule has 1 aliphatic heterocycles. The molecule has 1 saturated heterocycles. The van der Waals surface area contributed by atoms with Gasteiger partial charge < -0.3 is 14.7 Å². The fourth-order valence-corrected chi connectivity index (χ4v) is 8.69. The first-order valence-electron chi connectivity index (χ1n) is 16.9. The van der Waals surface area contributed by atoms with E-state index in [4.69, 9.17) is 4.74 Å². The summed E-state index contributed by atoms with van der Waals surface area (Å²) in [6.45, 7) is 5.25. The van der Waals surface area contributed by atoms with Crippen LogP contribution in [0.5, 0.6) is 11.5 Å². The van der Waals surface area contributed by atoms with Gasteiger partial charge in [-0.25, -0.2) is 0 Å². The second-order valence-electron chi connectivity index (χ2n) is 14.2.